The lowest BCUT2D eigenvalue weighted by atomic mass is 9.81. The van der Waals surface area contributed by atoms with Crippen molar-refractivity contribution >= 4 is 17.6 Å². The Bertz CT molecular complexity index is 906. The molecule has 2 N–H and O–H groups in total. The van der Waals surface area contributed by atoms with Gasteiger partial charge in [0.2, 0.25) is 5.91 Å². The fourth-order valence-electron chi connectivity index (χ4n) is 5.46. The van der Waals surface area contributed by atoms with Crippen LogP contribution in [-0.4, -0.2) is 54.2 Å². The molecule has 3 aliphatic rings. The van der Waals surface area contributed by atoms with Crippen molar-refractivity contribution in [1.29, 1.82) is 0 Å². The van der Waals surface area contributed by atoms with E-state index in [1.54, 1.807) is 6.07 Å². The number of piperidine rings is 1. The second-order valence-corrected chi connectivity index (χ2v) is 10.2. The highest BCUT2D eigenvalue weighted by molar-refractivity contribution is 5.98. The third-order valence-electron chi connectivity index (χ3n) is 7.69. The van der Waals surface area contributed by atoms with Crippen molar-refractivity contribution in [3.8, 4) is 0 Å². The number of hydrogen-bond acceptors (Lipinski definition) is 4. The van der Waals surface area contributed by atoms with Gasteiger partial charge in [-0.15, -0.1) is 0 Å². The number of ketones is 1. The zero-order chi connectivity index (χ0) is 24.1. The largest absolute Gasteiger partial charge is 0.342 e. The first-order chi connectivity index (χ1) is 16.5. The highest BCUT2D eigenvalue weighted by Gasteiger charge is 2.31. The summed E-state index contributed by atoms with van der Waals surface area (Å²) in [5, 5.41) is 6.24. The van der Waals surface area contributed by atoms with Crippen LogP contribution >= 0.6 is 0 Å². The predicted octanol–water partition coefficient (Wildman–Crippen LogP) is 4.43. The molecule has 0 radical (unpaired) electrons. The van der Waals surface area contributed by atoms with Crippen molar-refractivity contribution in [1.82, 2.24) is 15.5 Å². The van der Waals surface area contributed by atoms with E-state index in [2.05, 4.69) is 10.6 Å². The van der Waals surface area contributed by atoms with E-state index >= 15 is 0 Å². The third kappa shape index (κ3) is 6.23. The van der Waals surface area contributed by atoms with E-state index in [0.29, 0.717) is 43.2 Å². The van der Waals surface area contributed by atoms with E-state index in [0.717, 1.165) is 51.4 Å². The van der Waals surface area contributed by atoms with Gasteiger partial charge < -0.3 is 15.5 Å². The maximum Gasteiger partial charge on any atom is 0.251 e. The first-order valence-electron chi connectivity index (χ1n) is 13.1. The highest BCUT2D eigenvalue weighted by atomic mass is 19.1. The monoisotopic (exact) mass is 475 g/mol. The maximum absolute atomic E-state index is 14.8. The minimum absolute atomic E-state index is 0. The van der Waals surface area contributed by atoms with Gasteiger partial charge in [0.1, 0.15) is 5.82 Å². The number of carbonyl (C=O) groups excluding carboxylic acids is 3. The minimum Gasteiger partial charge on any atom is -0.342 e. The lowest BCUT2D eigenvalue weighted by molar-refractivity contribution is -0.131. The molecule has 1 aliphatic heterocycles. The molecule has 7 heteroatoms. The summed E-state index contributed by atoms with van der Waals surface area (Å²) in [7, 11) is 0. The van der Waals surface area contributed by atoms with Crippen molar-refractivity contribution in [2.75, 3.05) is 19.6 Å². The quantitative estimate of drug-likeness (QED) is 0.554. The number of carbonyl (C=O) groups is 3. The fraction of sp³-hybridized carbons (Fsp3) is 0.667. The predicted molar refractivity (Wildman–Crippen MR) is 133 cm³/mol. The van der Waals surface area contributed by atoms with Crippen molar-refractivity contribution in [2.24, 2.45) is 5.92 Å². The van der Waals surface area contributed by atoms with Crippen LogP contribution in [0.2, 0.25) is 0 Å². The lowest BCUT2D eigenvalue weighted by Gasteiger charge is -2.33. The van der Waals surface area contributed by atoms with Crippen LogP contribution in [0.5, 0.6) is 0 Å². The van der Waals surface area contributed by atoms with Gasteiger partial charge in [0.05, 0.1) is 12.6 Å². The maximum atomic E-state index is 14.8. The Kier molecular flexibility index (Phi) is 8.35. The smallest absolute Gasteiger partial charge is 0.251 e. The van der Waals surface area contributed by atoms with Crippen LogP contribution in [0.3, 0.4) is 0 Å². The molecule has 1 saturated heterocycles. The van der Waals surface area contributed by atoms with Crippen molar-refractivity contribution in [3.05, 3.63) is 35.1 Å². The standard InChI is InChI=1S/C27H38FN3O3.2H2/c1-2-24(32)26(18-7-4-3-5-8-18)30-27(34)19-10-13-23(28)22(15-19)20-9-6-14-31(17-20)25(33)16-29-21-11-12-21;;/h10,13,15,18,20-21,26,29H,2-9,11-12,14,16-17H2,1H3,(H,30,34);2*1H/t20?,26-;;/m1../s1. The summed E-state index contributed by atoms with van der Waals surface area (Å²) < 4.78 is 14.8. The number of nitrogens with zero attached hydrogens (tertiary/aromatic N) is 1. The number of hydrogen-bond donors (Lipinski definition) is 2. The van der Waals surface area contributed by atoms with Gasteiger partial charge in [-0.05, 0) is 68.2 Å². The molecule has 190 valence electrons. The Labute approximate surface area is 205 Å². The van der Waals surface area contributed by atoms with Crippen LogP contribution in [0.25, 0.3) is 0 Å². The van der Waals surface area contributed by atoms with Crippen molar-refractivity contribution in [3.63, 3.8) is 0 Å². The van der Waals surface area contributed by atoms with E-state index in [4.69, 9.17) is 0 Å². The van der Waals surface area contributed by atoms with E-state index in [1.807, 2.05) is 11.8 Å². The van der Waals surface area contributed by atoms with Crippen LogP contribution in [0.1, 0.15) is 95.8 Å². The second-order valence-electron chi connectivity index (χ2n) is 10.2. The molecular weight excluding hydrogens is 433 g/mol. The Morgan fingerprint density at radius 3 is 2.56 bits per heavy atom. The summed E-state index contributed by atoms with van der Waals surface area (Å²) in [4.78, 5) is 40.2. The summed E-state index contributed by atoms with van der Waals surface area (Å²) in [6, 6.07) is 4.45. The van der Waals surface area contributed by atoms with Gasteiger partial charge in [-0.2, -0.15) is 0 Å². The van der Waals surface area contributed by atoms with Gasteiger partial charge in [-0.3, -0.25) is 14.4 Å². The topological polar surface area (TPSA) is 78.5 Å². The normalized spacial score (nSPS) is 22.3. The zero-order valence-corrected chi connectivity index (χ0v) is 20.3. The van der Waals surface area contributed by atoms with Crippen molar-refractivity contribution in [2.45, 2.75) is 89.1 Å². The van der Waals surface area contributed by atoms with Gasteiger partial charge in [-0.1, -0.05) is 26.2 Å². The molecule has 4 rings (SSSR count). The zero-order valence-electron chi connectivity index (χ0n) is 20.3. The van der Waals surface area contributed by atoms with E-state index in [1.165, 1.54) is 18.6 Å². The number of benzene rings is 1. The molecule has 1 heterocycles. The highest BCUT2D eigenvalue weighted by Crippen LogP contribution is 2.31. The number of likely N-dealkylation sites (tertiary alicyclic amines) is 1. The lowest BCUT2D eigenvalue weighted by Crippen LogP contribution is -2.46. The molecule has 0 spiro atoms. The molecule has 1 aromatic rings. The van der Waals surface area contributed by atoms with Crippen LogP contribution < -0.4 is 10.6 Å². The summed E-state index contributed by atoms with van der Waals surface area (Å²) in [5.41, 5.74) is 0.858. The number of rotatable bonds is 9. The molecule has 2 amide bonds. The van der Waals surface area contributed by atoms with E-state index in [9.17, 15) is 18.8 Å². The van der Waals surface area contributed by atoms with Gasteiger partial charge in [-0.25, -0.2) is 4.39 Å². The van der Waals surface area contributed by atoms with E-state index in [-0.39, 0.29) is 38.1 Å². The molecule has 2 atom stereocenters. The van der Waals surface area contributed by atoms with Gasteiger partial charge in [0, 0.05) is 39.9 Å². The fourth-order valence-corrected chi connectivity index (χ4v) is 5.46. The first kappa shape index (κ1) is 24.8. The first-order valence-corrected chi connectivity index (χ1v) is 13.1. The SMILES string of the molecule is CCC(=O)[C@H](NC(=O)c1ccc(F)c(C2CCCN(C(=O)CNC3CC3)C2)c1)C1CCCCC1.[HH].[HH]. The van der Waals surface area contributed by atoms with Gasteiger partial charge in [0.25, 0.3) is 5.91 Å². The summed E-state index contributed by atoms with van der Waals surface area (Å²) >= 11 is 0. The molecule has 6 nitrogen and oxygen atoms in total. The Hall–Kier alpha value is -2.28. The molecule has 34 heavy (non-hydrogen) atoms. The summed E-state index contributed by atoms with van der Waals surface area (Å²) in [5.74, 6) is -0.524. The Morgan fingerprint density at radius 1 is 1.09 bits per heavy atom. The molecular formula is C27H42FN3O3. The van der Waals surface area contributed by atoms with E-state index < -0.39 is 6.04 Å². The molecule has 2 aliphatic carbocycles. The molecule has 2 saturated carbocycles. The number of nitrogens with one attached hydrogen (secondary N) is 2. The number of Topliss-reactive ketones (excluding diaryl/α,β-unsaturated/α-hetero) is 1. The molecule has 1 aromatic carbocycles. The third-order valence-corrected chi connectivity index (χ3v) is 7.69. The van der Waals surface area contributed by atoms with Gasteiger partial charge >= 0.3 is 0 Å². The minimum atomic E-state index is -0.479. The summed E-state index contributed by atoms with van der Waals surface area (Å²) in [6.07, 6.45) is 9.48. The Balaban J connectivity index is 0.00000228. The van der Waals surface area contributed by atoms with Crippen LogP contribution in [0, 0.1) is 11.7 Å². The summed E-state index contributed by atoms with van der Waals surface area (Å²) in [6.45, 7) is 3.31. The van der Waals surface area contributed by atoms with Crippen LogP contribution in [-0.2, 0) is 9.59 Å². The molecule has 1 unspecified atom stereocenters. The Morgan fingerprint density at radius 2 is 1.85 bits per heavy atom. The average molecular weight is 476 g/mol. The van der Waals surface area contributed by atoms with Crippen molar-refractivity contribution < 1.29 is 21.6 Å². The van der Waals surface area contributed by atoms with Crippen LogP contribution in [0.15, 0.2) is 18.2 Å². The van der Waals surface area contributed by atoms with Crippen LogP contribution in [0.4, 0.5) is 4.39 Å². The number of halogens is 1. The average Bonchev–Trinajstić information content (AvgIpc) is 3.70. The number of amides is 2. The molecule has 0 bridgehead atoms. The molecule has 3 fully saturated rings. The van der Waals surface area contributed by atoms with Gasteiger partial charge in [0.15, 0.2) is 5.78 Å². The molecule has 0 aromatic heterocycles. The second kappa shape index (κ2) is 11.4.